The van der Waals surface area contributed by atoms with E-state index in [0.29, 0.717) is 6.54 Å². The molecule has 114 valence electrons. The first kappa shape index (κ1) is 16.9. The summed E-state index contributed by atoms with van der Waals surface area (Å²) in [5.74, 6) is 0.280. The quantitative estimate of drug-likeness (QED) is 0.661. The molecule has 19 heavy (non-hydrogen) atoms. The molecule has 0 amide bonds. The van der Waals surface area contributed by atoms with Crippen molar-refractivity contribution in [3.63, 3.8) is 0 Å². The molecule has 0 bridgehead atoms. The zero-order valence-electron chi connectivity index (χ0n) is 12.4. The van der Waals surface area contributed by atoms with Gasteiger partial charge in [0.2, 0.25) is 0 Å². The van der Waals surface area contributed by atoms with E-state index in [1.54, 1.807) is 0 Å². The molecule has 0 aromatic rings. The van der Waals surface area contributed by atoms with Gasteiger partial charge < -0.3 is 10.1 Å². The van der Waals surface area contributed by atoms with E-state index in [4.69, 9.17) is 4.74 Å². The van der Waals surface area contributed by atoms with Gasteiger partial charge in [0, 0.05) is 13.2 Å². The highest BCUT2D eigenvalue weighted by Crippen LogP contribution is 2.23. The van der Waals surface area contributed by atoms with Gasteiger partial charge in [-0.1, -0.05) is 19.3 Å². The number of rotatable bonds is 9. The molecule has 0 aromatic carbocycles. The van der Waals surface area contributed by atoms with Gasteiger partial charge in [-0.15, -0.1) is 0 Å². The number of nitrogens with one attached hydrogen (secondary N) is 1. The Morgan fingerprint density at radius 3 is 2.47 bits per heavy atom. The molecule has 4 nitrogen and oxygen atoms in total. The van der Waals surface area contributed by atoms with Gasteiger partial charge in [0.25, 0.3) is 0 Å². The smallest absolute Gasteiger partial charge is 0.154 e. The van der Waals surface area contributed by atoms with Crippen molar-refractivity contribution in [2.24, 2.45) is 0 Å². The van der Waals surface area contributed by atoms with Crippen LogP contribution in [0.4, 0.5) is 0 Å². The van der Waals surface area contributed by atoms with E-state index >= 15 is 0 Å². The highest BCUT2D eigenvalue weighted by molar-refractivity contribution is 7.92. The minimum Gasteiger partial charge on any atom is -0.379 e. The van der Waals surface area contributed by atoms with Crippen molar-refractivity contribution in [1.82, 2.24) is 5.32 Å². The van der Waals surface area contributed by atoms with E-state index in [9.17, 15) is 8.42 Å². The van der Waals surface area contributed by atoms with Gasteiger partial charge in [-0.3, -0.25) is 0 Å². The minimum absolute atomic E-state index is 0.0766. The largest absolute Gasteiger partial charge is 0.379 e. The van der Waals surface area contributed by atoms with Crippen LogP contribution in [-0.4, -0.2) is 45.2 Å². The maximum Gasteiger partial charge on any atom is 0.154 e. The van der Waals surface area contributed by atoms with E-state index in [1.165, 1.54) is 6.42 Å². The predicted octanol–water partition coefficient (Wildman–Crippen LogP) is 2.14. The summed E-state index contributed by atoms with van der Waals surface area (Å²) in [7, 11) is -2.88. The molecule has 1 aliphatic carbocycles. The van der Waals surface area contributed by atoms with Gasteiger partial charge in [-0.05, 0) is 39.7 Å². The van der Waals surface area contributed by atoms with Crippen LogP contribution >= 0.6 is 0 Å². The highest BCUT2D eigenvalue weighted by Gasteiger charge is 2.26. The molecule has 1 saturated carbocycles. The first-order valence-corrected chi connectivity index (χ1v) is 9.28. The normalized spacial score (nSPS) is 18.1. The Kier molecular flexibility index (Phi) is 7.95. The number of hydrogen-bond acceptors (Lipinski definition) is 4. The van der Waals surface area contributed by atoms with E-state index in [-0.39, 0.29) is 17.1 Å². The molecule has 0 radical (unpaired) electrons. The molecule has 5 heteroatoms. The van der Waals surface area contributed by atoms with Gasteiger partial charge >= 0.3 is 0 Å². The van der Waals surface area contributed by atoms with Gasteiger partial charge in [0.15, 0.2) is 9.84 Å². The average Bonchev–Trinajstić information content (AvgIpc) is 2.38. The van der Waals surface area contributed by atoms with Crippen LogP contribution < -0.4 is 5.32 Å². The molecule has 0 atom stereocenters. The molecule has 0 unspecified atom stereocenters. The van der Waals surface area contributed by atoms with Gasteiger partial charge in [0.05, 0.1) is 17.1 Å². The lowest BCUT2D eigenvalue weighted by molar-refractivity contribution is 0.0772. The van der Waals surface area contributed by atoms with E-state index in [0.717, 1.165) is 45.3 Å². The van der Waals surface area contributed by atoms with Crippen LogP contribution in [0.2, 0.25) is 0 Å². The molecule has 0 spiro atoms. The van der Waals surface area contributed by atoms with E-state index in [2.05, 4.69) is 5.32 Å². The third-order valence-electron chi connectivity index (χ3n) is 3.57. The van der Waals surface area contributed by atoms with E-state index < -0.39 is 9.84 Å². The average molecular weight is 291 g/mol. The van der Waals surface area contributed by atoms with Crippen LogP contribution in [0, 0.1) is 0 Å². The minimum atomic E-state index is -2.88. The Balaban J connectivity index is 2.07. The van der Waals surface area contributed by atoms with Crippen LogP contribution in [0.15, 0.2) is 0 Å². The van der Waals surface area contributed by atoms with Crippen LogP contribution in [0.25, 0.3) is 0 Å². The maximum atomic E-state index is 12.1. The summed E-state index contributed by atoms with van der Waals surface area (Å²) in [5, 5.41) is 3.12. The Morgan fingerprint density at radius 2 is 1.84 bits per heavy atom. The molecule has 0 saturated heterocycles. The van der Waals surface area contributed by atoms with Crippen molar-refractivity contribution in [3.05, 3.63) is 0 Å². The standard InChI is InChI=1S/C14H29NO3S/c1-13(2)18-11-6-9-15-10-12-19(16,17)14-7-4-3-5-8-14/h13-15H,3-12H2,1-2H3. The fourth-order valence-corrected chi connectivity index (χ4v) is 4.26. The third-order valence-corrected chi connectivity index (χ3v) is 5.83. The summed E-state index contributed by atoms with van der Waals surface area (Å²) in [6.45, 7) is 6.17. The van der Waals surface area contributed by atoms with Gasteiger partial charge in [-0.25, -0.2) is 8.42 Å². The van der Waals surface area contributed by atoms with Crippen molar-refractivity contribution >= 4 is 9.84 Å². The Hall–Kier alpha value is -0.130. The molecule has 1 fully saturated rings. The first-order chi connectivity index (χ1) is 9.02. The van der Waals surface area contributed by atoms with Gasteiger partial charge in [-0.2, -0.15) is 0 Å². The predicted molar refractivity (Wildman–Crippen MR) is 79.2 cm³/mol. The Bertz CT molecular complexity index is 322. The number of hydrogen-bond donors (Lipinski definition) is 1. The van der Waals surface area contributed by atoms with Crippen LogP contribution in [-0.2, 0) is 14.6 Å². The summed E-state index contributed by atoms with van der Waals surface area (Å²) >= 11 is 0. The molecule has 0 heterocycles. The molecule has 0 aromatic heterocycles. The van der Waals surface area contributed by atoms with Crippen molar-refractivity contribution in [3.8, 4) is 0 Å². The lowest BCUT2D eigenvalue weighted by Crippen LogP contribution is -2.32. The summed E-state index contributed by atoms with van der Waals surface area (Å²) < 4.78 is 29.6. The lowest BCUT2D eigenvalue weighted by Gasteiger charge is -2.21. The third kappa shape index (κ3) is 7.28. The molecule has 1 N–H and O–H groups in total. The molecule has 1 aliphatic rings. The van der Waals surface area contributed by atoms with Crippen molar-refractivity contribution in [2.45, 2.75) is 63.7 Å². The Morgan fingerprint density at radius 1 is 1.16 bits per heavy atom. The highest BCUT2D eigenvalue weighted by atomic mass is 32.2. The van der Waals surface area contributed by atoms with Gasteiger partial charge in [0.1, 0.15) is 0 Å². The molecular weight excluding hydrogens is 262 g/mol. The molecular formula is C14H29NO3S. The fourth-order valence-electron chi connectivity index (χ4n) is 2.45. The summed E-state index contributed by atoms with van der Waals surface area (Å²) in [5.41, 5.74) is 0. The topological polar surface area (TPSA) is 55.4 Å². The van der Waals surface area contributed by atoms with Crippen molar-refractivity contribution in [1.29, 1.82) is 0 Å². The second-order valence-corrected chi connectivity index (χ2v) is 8.05. The van der Waals surface area contributed by atoms with Crippen LogP contribution in [0.1, 0.15) is 52.4 Å². The lowest BCUT2D eigenvalue weighted by atomic mass is 10.0. The molecule has 1 rings (SSSR count). The summed E-state index contributed by atoms with van der Waals surface area (Å²) in [4.78, 5) is 0. The summed E-state index contributed by atoms with van der Waals surface area (Å²) in [6.07, 6.45) is 6.27. The maximum absolute atomic E-state index is 12.1. The SMILES string of the molecule is CC(C)OCCCNCCS(=O)(=O)C1CCCCC1. The number of ether oxygens (including phenoxy) is 1. The first-order valence-electron chi connectivity index (χ1n) is 7.56. The monoisotopic (exact) mass is 291 g/mol. The Labute approximate surface area is 118 Å². The second kappa shape index (κ2) is 8.93. The zero-order valence-corrected chi connectivity index (χ0v) is 13.2. The molecule has 0 aliphatic heterocycles. The number of sulfone groups is 1. The van der Waals surface area contributed by atoms with Crippen LogP contribution in [0.5, 0.6) is 0 Å². The zero-order chi connectivity index (χ0) is 14.1. The second-order valence-electron chi connectivity index (χ2n) is 5.65. The van der Waals surface area contributed by atoms with E-state index in [1.807, 2.05) is 13.8 Å². The summed E-state index contributed by atoms with van der Waals surface area (Å²) in [6, 6.07) is 0. The van der Waals surface area contributed by atoms with Crippen molar-refractivity contribution < 1.29 is 13.2 Å². The van der Waals surface area contributed by atoms with Crippen LogP contribution in [0.3, 0.4) is 0 Å². The van der Waals surface area contributed by atoms with Crippen molar-refractivity contribution in [2.75, 3.05) is 25.4 Å². The fraction of sp³-hybridized carbons (Fsp3) is 1.00.